The number of aryl methyl sites for hydroxylation is 1. The van der Waals surface area contributed by atoms with E-state index >= 15 is 0 Å². The van der Waals surface area contributed by atoms with Gasteiger partial charge in [-0.15, -0.1) is 0 Å². The molecule has 0 fully saturated rings. The van der Waals surface area contributed by atoms with E-state index in [1.807, 2.05) is 45.3 Å². The van der Waals surface area contributed by atoms with Gasteiger partial charge in [0.15, 0.2) is 0 Å². The molecular weight excluding hydrogens is 214 g/mol. The van der Waals surface area contributed by atoms with Crippen LogP contribution in [0.15, 0.2) is 24.3 Å². The maximum atomic E-state index is 11.1. The van der Waals surface area contributed by atoms with Crippen molar-refractivity contribution in [3.8, 4) is 0 Å². The molecule has 0 saturated carbocycles. The van der Waals surface area contributed by atoms with Crippen LogP contribution in [0.5, 0.6) is 0 Å². The molecule has 0 radical (unpaired) electrons. The number of nitrogens with zero attached hydrogens (tertiary/aromatic N) is 1. The summed E-state index contributed by atoms with van der Waals surface area (Å²) < 4.78 is 5.36. The monoisotopic (exact) mass is 235 g/mol. The lowest BCUT2D eigenvalue weighted by molar-refractivity contribution is -0.147. The van der Waals surface area contributed by atoms with Gasteiger partial charge in [0.2, 0.25) is 0 Å². The summed E-state index contributed by atoms with van der Waals surface area (Å²) in [6.07, 6.45) is 0.672. The summed E-state index contributed by atoms with van der Waals surface area (Å²) in [6, 6.07) is 8.14. The molecule has 1 rings (SSSR count). The molecule has 0 N–H and O–H groups in total. The van der Waals surface area contributed by atoms with Gasteiger partial charge in [-0.05, 0) is 26.6 Å². The maximum Gasteiger partial charge on any atom is 0.303 e. The molecule has 0 aliphatic rings. The SMILES string of the molecule is CC(=O)OC(CCN(C)C)c1ccc(C)cc1. The van der Waals surface area contributed by atoms with Crippen molar-refractivity contribution in [2.75, 3.05) is 20.6 Å². The Kier molecular flexibility index (Phi) is 5.16. The lowest BCUT2D eigenvalue weighted by atomic mass is 10.0. The van der Waals surface area contributed by atoms with E-state index in [-0.39, 0.29) is 12.1 Å². The Balaban J connectivity index is 2.74. The van der Waals surface area contributed by atoms with Crippen molar-refractivity contribution in [3.05, 3.63) is 35.4 Å². The fraction of sp³-hybridized carbons (Fsp3) is 0.500. The predicted molar refractivity (Wildman–Crippen MR) is 68.9 cm³/mol. The third kappa shape index (κ3) is 5.00. The number of benzene rings is 1. The first-order chi connectivity index (χ1) is 7.99. The molecule has 3 heteroatoms. The second kappa shape index (κ2) is 6.40. The van der Waals surface area contributed by atoms with Crippen LogP contribution in [0, 0.1) is 6.92 Å². The minimum Gasteiger partial charge on any atom is -0.458 e. The normalized spacial score (nSPS) is 12.5. The molecule has 1 unspecified atom stereocenters. The van der Waals surface area contributed by atoms with Crippen molar-refractivity contribution >= 4 is 5.97 Å². The first kappa shape index (κ1) is 13.7. The van der Waals surface area contributed by atoms with Crippen molar-refractivity contribution < 1.29 is 9.53 Å². The summed E-state index contributed by atoms with van der Waals surface area (Å²) in [5.74, 6) is -0.227. The topological polar surface area (TPSA) is 29.5 Å². The van der Waals surface area contributed by atoms with Crippen molar-refractivity contribution in [2.45, 2.75) is 26.4 Å². The zero-order valence-corrected chi connectivity index (χ0v) is 11.1. The number of carbonyl (C=O) groups excluding carboxylic acids is 1. The highest BCUT2D eigenvalue weighted by molar-refractivity contribution is 5.66. The van der Waals surface area contributed by atoms with E-state index in [1.165, 1.54) is 12.5 Å². The number of carbonyl (C=O) groups is 1. The lowest BCUT2D eigenvalue weighted by Gasteiger charge is -2.19. The highest BCUT2D eigenvalue weighted by atomic mass is 16.5. The molecule has 0 aliphatic heterocycles. The van der Waals surface area contributed by atoms with Gasteiger partial charge in [0.05, 0.1) is 0 Å². The van der Waals surface area contributed by atoms with Gasteiger partial charge in [0.1, 0.15) is 6.10 Å². The molecule has 94 valence electrons. The average molecular weight is 235 g/mol. The van der Waals surface area contributed by atoms with Gasteiger partial charge < -0.3 is 9.64 Å². The van der Waals surface area contributed by atoms with E-state index in [2.05, 4.69) is 4.90 Å². The van der Waals surface area contributed by atoms with E-state index < -0.39 is 0 Å². The van der Waals surface area contributed by atoms with Gasteiger partial charge in [-0.25, -0.2) is 0 Å². The van der Waals surface area contributed by atoms with Crippen LogP contribution in [0.4, 0.5) is 0 Å². The molecule has 1 aromatic carbocycles. The summed E-state index contributed by atoms with van der Waals surface area (Å²) in [7, 11) is 4.03. The second-order valence-electron chi connectivity index (χ2n) is 4.60. The molecule has 0 bridgehead atoms. The predicted octanol–water partition coefficient (Wildman–Crippen LogP) is 2.55. The highest BCUT2D eigenvalue weighted by Crippen LogP contribution is 2.22. The molecule has 0 amide bonds. The Hall–Kier alpha value is -1.35. The quantitative estimate of drug-likeness (QED) is 0.735. The molecule has 0 aliphatic carbocycles. The fourth-order valence-corrected chi connectivity index (χ4v) is 1.65. The third-order valence-corrected chi connectivity index (χ3v) is 2.60. The molecular formula is C14H21NO2. The molecule has 3 nitrogen and oxygen atoms in total. The van der Waals surface area contributed by atoms with Crippen molar-refractivity contribution in [2.24, 2.45) is 0 Å². The summed E-state index contributed by atoms with van der Waals surface area (Å²) >= 11 is 0. The van der Waals surface area contributed by atoms with E-state index in [4.69, 9.17) is 4.74 Å². The maximum absolute atomic E-state index is 11.1. The standard InChI is InChI=1S/C14H21NO2/c1-11-5-7-13(8-6-11)14(17-12(2)16)9-10-15(3)4/h5-8,14H,9-10H2,1-4H3. The van der Waals surface area contributed by atoms with Crippen LogP contribution in [-0.2, 0) is 9.53 Å². The van der Waals surface area contributed by atoms with Crippen LogP contribution in [-0.4, -0.2) is 31.5 Å². The first-order valence-electron chi connectivity index (χ1n) is 5.87. The minimum atomic E-state index is -0.227. The Morgan fingerprint density at radius 3 is 2.35 bits per heavy atom. The van der Waals surface area contributed by atoms with Crippen molar-refractivity contribution in [1.82, 2.24) is 4.90 Å². The van der Waals surface area contributed by atoms with Crippen LogP contribution in [0.25, 0.3) is 0 Å². The van der Waals surface area contributed by atoms with Crippen LogP contribution in [0.1, 0.15) is 30.6 Å². The first-order valence-corrected chi connectivity index (χ1v) is 5.87. The smallest absolute Gasteiger partial charge is 0.303 e. The lowest BCUT2D eigenvalue weighted by Crippen LogP contribution is -2.18. The Bertz CT molecular complexity index is 357. The molecule has 0 aromatic heterocycles. The van der Waals surface area contributed by atoms with E-state index in [1.54, 1.807) is 0 Å². The number of hydrogen-bond donors (Lipinski definition) is 0. The van der Waals surface area contributed by atoms with Crippen LogP contribution in [0.3, 0.4) is 0 Å². The second-order valence-corrected chi connectivity index (χ2v) is 4.60. The van der Waals surface area contributed by atoms with Crippen LogP contribution in [0.2, 0.25) is 0 Å². The van der Waals surface area contributed by atoms with Gasteiger partial charge in [0.25, 0.3) is 0 Å². The zero-order chi connectivity index (χ0) is 12.8. The summed E-state index contributed by atoms with van der Waals surface area (Å²) in [6.45, 7) is 4.40. The van der Waals surface area contributed by atoms with Gasteiger partial charge in [-0.1, -0.05) is 29.8 Å². The van der Waals surface area contributed by atoms with E-state index in [9.17, 15) is 4.79 Å². The molecule has 17 heavy (non-hydrogen) atoms. The number of rotatable bonds is 5. The zero-order valence-electron chi connectivity index (χ0n) is 11.1. The minimum absolute atomic E-state index is 0.143. The number of esters is 1. The molecule has 0 saturated heterocycles. The van der Waals surface area contributed by atoms with Crippen molar-refractivity contribution in [3.63, 3.8) is 0 Å². The fourth-order valence-electron chi connectivity index (χ4n) is 1.65. The van der Waals surface area contributed by atoms with E-state index in [0.717, 1.165) is 18.5 Å². The van der Waals surface area contributed by atoms with Gasteiger partial charge in [-0.3, -0.25) is 4.79 Å². The molecule has 0 heterocycles. The highest BCUT2D eigenvalue weighted by Gasteiger charge is 2.14. The van der Waals surface area contributed by atoms with Crippen LogP contribution >= 0.6 is 0 Å². The van der Waals surface area contributed by atoms with Gasteiger partial charge >= 0.3 is 5.97 Å². The summed E-state index contributed by atoms with van der Waals surface area (Å²) in [5, 5.41) is 0. The average Bonchev–Trinajstić information content (AvgIpc) is 2.25. The van der Waals surface area contributed by atoms with E-state index in [0.29, 0.717) is 0 Å². The van der Waals surface area contributed by atoms with Gasteiger partial charge in [-0.2, -0.15) is 0 Å². The molecule has 1 aromatic rings. The van der Waals surface area contributed by atoms with Gasteiger partial charge in [0, 0.05) is 19.9 Å². The van der Waals surface area contributed by atoms with Crippen LogP contribution < -0.4 is 0 Å². The molecule has 1 atom stereocenters. The molecule has 0 spiro atoms. The summed E-state index contributed by atoms with van der Waals surface area (Å²) in [4.78, 5) is 13.2. The number of hydrogen-bond acceptors (Lipinski definition) is 3. The Morgan fingerprint density at radius 2 is 1.88 bits per heavy atom. The van der Waals surface area contributed by atoms with Crippen molar-refractivity contribution in [1.29, 1.82) is 0 Å². The third-order valence-electron chi connectivity index (χ3n) is 2.60. The Morgan fingerprint density at radius 1 is 1.29 bits per heavy atom. The largest absolute Gasteiger partial charge is 0.458 e. The summed E-state index contributed by atoms with van der Waals surface area (Å²) in [5.41, 5.74) is 2.27. The number of ether oxygens (including phenoxy) is 1. The Labute approximate surface area is 103 Å².